The lowest BCUT2D eigenvalue weighted by Gasteiger charge is -2.21. The fourth-order valence-corrected chi connectivity index (χ4v) is 2.53. The second kappa shape index (κ2) is 6.17. The Hall–Kier alpha value is -2.02. The smallest absolute Gasteiger partial charge is 0.221 e. The number of nitrogens with one attached hydrogen (secondary N) is 1. The molecule has 4 heteroatoms. The van der Waals surface area contributed by atoms with Crippen LogP contribution in [-0.2, 0) is 4.79 Å². The van der Waals surface area contributed by atoms with Crippen LogP contribution in [-0.4, -0.2) is 18.6 Å². The summed E-state index contributed by atoms with van der Waals surface area (Å²) in [6, 6.07) is 10.0. The Labute approximate surface area is 126 Å². The molecule has 112 valence electrons. The quantitative estimate of drug-likeness (QED) is 0.874. The van der Waals surface area contributed by atoms with E-state index in [2.05, 4.69) is 11.4 Å². The van der Waals surface area contributed by atoms with E-state index in [0.29, 0.717) is 12.3 Å². The summed E-state index contributed by atoms with van der Waals surface area (Å²) in [4.78, 5) is 12.2. The van der Waals surface area contributed by atoms with Crippen molar-refractivity contribution in [1.29, 1.82) is 5.26 Å². The molecule has 21 heavy (non-hydrogen) atoms. The number of nitriles is 1. The molecule has 1 aliphatic rings. The van der Waals surface area contributed by atoms with Gasteiger partial charge in [-0.1, -0.05) is 12.1 Å². The van der Waals surface area contributed by atoms with Gasteiger partial charge in [0, 0.05) is 6.42 Å². The van der Waals surface area contributed by atoms with Crippen molar-refractivity contribution in [3.8, 4) is 11.8 Å². The summed E-state index contributed by atoms with van der Waals surface area (Å²) < 4.78 is 5.17. The van der Waals surface area contributed by atoms with E-state index in [1.165, 1.54) is 18.4 Å². The average molecular weight is 286 g/mol. The van der Waals surface area contributed by atoms with Crippen molar-refractivity contribution in [3.63, 3.8) is 0 Å². The van der Waals surface area contributed by atoms with Crippen LogP contribution in [0.5, 0.6) is 5.75 Å². The molecule has 0 aliphatic heterocycles. The lowest BCUT2D eigenvalue weighted by atomic mass is 9.90. The third-order valence-electron chi connectivity index (χ3n) is 3.87. The van der Waals surface area contributed by atoms with Crippen LogP contribution in [0.1, 0.15) is 44.6 Å². The van der Waals surface area contributed by atoms with Crippen LogP contribution in [0.15, 0.2) is 24.3 Å². The van der Waals surface area contributed by atoms with Gasteiger partial charge in [0.05, 0.1) is 13.2 Å². The van der Waals surface area contributed by atoms with Crippen LogP contribution in [0.3, 0.4) is 0 Å². The summed E-state index contributed by atoms with van der Waals surface area (Å²) in [5.41, 5.74) is 0.355. The van der Waals surface area contributed by atoms with Crippen LogP contribution in [0.25, 0.3) is 0 Å². The molecule has 4 nitrogen and oxygen atoms in total. The van der Waals surface area contributed by atoms with Gasteiger partial charge in [0.15, 0.2) is 0 Å². The summed E-state index contributed by atoms with van der Waals surface area (Å²) in [7, 11) is 1.64. The number of ether oxygens (including phenoxy) is 1. The summed E-state index contributed by atoms with van der Waals surface area (Å²) in [5.74, 6) is 1.57. The highest BCUT2D eigenvalue weighted by molar-refractivity contribution is 5.78. The first-order chi connectivity index (χ1) is 9.95. The van der Waals surface area contributed by atoms with Crippen molar-refractivity contribution in [3.05, 3.63) is 29.8 Å². The largest absolute Gasteiger partial charge is 0.497 e. The van der Waals surface area contributed by atoms with Crippen molar-refractivity contribution in [2.75, 3.05) is 7.11 Å². The van der Waals surface area contributed by atoms with Crippen LogP contribution < -0.4 is 10.1 Å². The molecule has 0 heterocycles. The first-order valence-electron chi connectivity index (χ1n) is 7.31. The SMILES string of the molecule is COc1ccc(C(CC(=O)NC(C)(C)C#N)C2CC2)cc1. The Morgan fingerprint density at radius 2 is 2.05 bits per heavy atom. The summed E-state index contributed by atoms with van der Waals surface area (Å²) >= 11 is 0. The van der Waals surface area contributed by atoms with Crippen LogP contribution in [0.2, 0.25) is 0 Å². The number of rotatable bonds is 6. The number of amides is 1. The molecule has 1 fully saturated rings. The lowest BCUT2D eigenvalue weighted by Crippen LogP contribution is -2.42. The van der Waals surface area contributed by atoms with Crippen LogP contribution >= 0.6 is 0 Å². The zero-order valence-corrected chi connectivity index (χ0v) is 12.8. The number of nitrogens with zero attached hydrogens (tertiary/aromatic N) is 1. The van der Waals surface area contributed by atoms with Crippen molar-refractivity contribution in [1.82, 2.24) is 5.32 Å². The number of benzene rings is 1. The number of hydrogen-bond donors (Lipinski definition) is 1. The van der Waals surface area contributed by atoms with Gasteiger partial charge in [-0.25, -0.2) is 0 Å². The molecular weight excluding hydrogens is 264 g/mol. The van der Waals surface area contributed by atoms with Crippen LogP contribution in [0, 0.1) is 17.2 Å². The van der Waals surface area contributed by atoms with Gasteiger partial charge in [-0.3, -0.25) is 4.79 Å². The van der Waals surface area contributed by atoms with Crippen LogP contribution in [0.4, 0.5) is 0 Å². The highest BCUT2D eigenvalue weighted by atomic mass is 16.5. The lowest BCUT2D eigenvalue weighted by molar-refractivity contribution is -0.122. The molecule has 1 saturated carbocycles. The highest BCUT2D eigenvalue weighted by Gasteiger charge is 2.34. The monoisotopic (exact) mass is 286 g/mol. The zero-order valence-electron chi connectivity index (χ0n) is 12.8. The van der Waals surface area contributed by atoms with Gasteiger partial charge in [-0.2, -0.15) is 5.26 Å². The van der Waals surface area contributed by atoms with Gasteiger partial charge in [0.1, 0.15) is 11.3 Å². The molecule has 1 aromatic carbocycles. The maximum Gasteiger partial charge on any atom is 0.221 e. The fraction of sp³-hybridized carbons (Fsp3) is 0.529. The Morgan fingerprint density at radius 1 is 1.43 bits per heavy atom. The van der Waals surface area contributed by atoms with E-state index in [1.807, 2.05) is 24.3 Å². The topological polar surface area (TPSA) is 62.1 Å². The number of carbonyl (C=O) groups is 1. The van der Waals surface area contributed by atoms with E-state index < -0.39 is 5.54 Å². The molecule has 0 bridgehead atoms. The van der Waals surface area contributed by atoms with E-state index in [0.717, 1.165) is 5.75 Å². The third kappa shape index (κ3) is 4.22. The minimum atomic E-state index is -0.814. The van der Waals surface area contributed by atoms with Gasteiger partial charge in [-0.15, -0.1) is 0 Å². The van der Waals surface area contributed by atoms with Gasteiger partial charge in [-0.05, 0) is 56.2 Å². The maximum absolute atomic E-state index is 12.2. The first kappa shape index (κ1) is 15.4. The fourth-order valence-electron chi connectivity index (χ4n) is 2.53. The molecule has 0 radical (unpaired) electrons. The molecule has 1 amide bonds. The van der Waals surface area contributed by atoms with Crippen molar-refractivity contribution in [2.24, 2.45) is 5.92 Å². The molecule has 1 N–H and O–H groups in total. The van der Waals surface area contributed by atoms with Gasteiger partial charge >= 0.3 is 0 Å². The van der Waals surface area contributed by atoms with Crippen molar-refractivity contribution >= 4 is 5.91 Å². The predicted octanol–water partition coefficient (Wildman–Crippen LogP) is 3.00. The molecule has 1 aliphatic carbocycles. The Kier molecular flexibility index (Phi) is 4.52. The molecule has 1 atom stereocenters. The van der Waals surface area contributed by atoms with E-state index in [9.17, 15) is 4.79 Å². The average Bonchev–Trinajstić information content (AvgIpc) is 3.29. The Morgan fingerprint density at radius 3 is 2.52 bits per heavy atom. The van der Waals surface area contributed by atoms with Crippen molar-refractivity contribution in [2.45, 2.75) is 44.6 Å². The summed E-state index contributed by atoms with van der Waals surface area (Å²) in [6.45, 7) is 3.43. The van der Waals surface area contributed by atoms with E-state index >= 15 is 0 Å². The van der Waals surface area contributed by atoms with E-state index in [4.69, 9.17) is 10.00 Å². The third-order valence-corrected chi connectivity index (χ3v) is 3.87. The standard InChI is InChI=1S/C17H22N2O2/c1-17(2,11-18)19-16(20)10-15(12-4-5-12)13-6-8-14(21-3)9-7-13/h6-9,12,15H,4-5,10H2,1-3H3,(H,19,20). The number of carbonyl (C=O) groups excluding carboxylic acids is 1. The predicted molar refractivity (Wildman–Crippen MR) is 80.9 cm³/mol. The summed E-state index contributed by atoms with van der Waals surface area (Å²) in [5, 5.41) is 11.8. The normalized spacial score (nSPS) is 15.9. The molecule has 0 saturated heterocycles. The minimum Gasteiger partial charge on any atom is -0.497 e. The number of methoxy groups -OCH3 is 1. The zero-order chi connectivity index (χ0) is 15.5. The van der Waals surface area contributed by atoms with E-state index in [-0.39, 0.29) is 11.8 Å². The highest BCUT2D eigenvalue weighted by Crippen LogP contribution is 2.44. The number of hydrogen-bond acceptors (Lipinski definition) is 3. The molecular formula is C17H22N2O2. The molecule has 0 aromatic heterocycles. The molecule has 2 rings (SSSR count). The molecule has 0 spiro atoms. The maximum atomic E-state index is 12.2. The first-order valence-corrected chi connectivity index (χ1v) is 7.31. The van der Waals surface area contributed by atoms with E-state index in [1.54, 1.807) is 21.0 Å². The second-order valence-electron chi connectivity index (χ2n) is 6.21. The van der Waals surface area contributed by atoms with Gasteiger partial charge in [0.25, 0.3) is 0 Å². The minimum absolute atomic E-state index is 0.0609. The van der Waals surface area contributed by atoms with Gasteiger partial charge < -0.3 is 10.1 Å². The van der Waals surface area contributed by atoms with Crippen molar-refractivity contribution < 1.29 is 9.53 Å². The molecule has 1 aromatic rings. The van der Waals surface area contributed by atoms with Gasteiger partial charge in [0.2, 0.25) is 5.91 Å². The Balaban J connectivity index is 2.06. The summed E-state index contributed by atoms with van der Waals surface area (Å²) in [6.07, 6.45) is 2.78. The molecule has 1 unspecified atom stereocenters. The Bertz CT molecular complexity index is 539. The second-order valence-corrected chi connectivity index (χ2v) is 6.21.